The number of carbonyl (C=O) groups is 4. The standard InChI is InChI=1S/C30H38N4O5/c1-4-5-10-17-34(27(28(31)37)22-13-8-7-12-21(22)19(2)3)30(39)24(15-16-26(35)36)33-29(38)25-18-20-11-6-9-14-23(20)32-25/h6-9,11-14,18-19,24,27,32H,4-5,10,15-17H2,1-3H3,(H2,31,37)(H,33,38)(H,35,36)/t24?,27-/m1/s1. The maximum atomic E-state index is 14.1. The number of amides is 3. The molecule has 0 radical (unpaired) electrons. The molecule has 3 amide bonds. The van der Waals surface area contributed by atoms with Crippen molar-refractivity contribution in [2.45, 2.75) is 70.9 Å². The van der Waals surface area contributed by atoms with Gasteiger partial charge in [0.25, 0.3) is 5.91 Å². The highest BCUT2D eigenvalue weighted by atomic mass is 16.4. The Morgan fingerprint density at radius 2 is 1.67 bits per heavy atom. The number of carboxylic acid groups (broad SMARTS) is 1. The van der Waals surface area contributed by atoms with Crippen molar-refractivity contribution in [1.29, 1.82) is 0 Å². The zero-order chi connectivity index (χ0) is 28.5. The van der Waals surface area contributed by atoms with Gasteiger partial charge in [-0.1, -0.05) is 76.1 Å². The summed E-state index contributed by atoms with van der Waals surface area (Å²) in [5.74, 6) is -2.80. The molecule has 0 aliphatic carbocycles. The van der Waals surface area contributed by atoms with E-state index in [1.807, 2.05) is 57.2 Å². The molecule has 9 nitrogen and oxygen atoms in total. The second kappa shape index (κ2) is 13.6. The molecule has 39 heavy (non-hydrogen) atoms. The number of nitrogens with two attached hydrogens (primary N) is 1. The molecule has 0 aliphatic rings. The van der Waals surface area contributed by atoms with Crippen molar-refractivity contribution in [1.82, 2.24) is 15.2 Å². The minimum absolute atomic E-state index is 0.0696. The van der Waals surface area contributed by atoms with Crippen LogP contribution in [0.5, 0.6) is 0 Å². The van der Waals surface area contributed by atoms with Gasteiger partial charge in [-0.3, -0.25) is 19.2 Å². The summed E-state index contributed by atoms with van der Waals surface area (Å²) in [6, 6.07) is 14.2. The van der Waals surface area contributed by atoms with Crippen molar-refractivity contribution >= 4 is 34.6 Å². The molecule has 3 aromatic rings. The third-order valence-electron chi connectivity index (χ3n) is 6.80. The Balaban J connectivity index is 2.00. The normalized spacial score (nSPS) is 12.7. The summed E-state index contributed by atoms with van der Waals surface area (Å²) in [5.41, 5.74) is 8.44. The smallest absolute Gasteiger partial charge is 0.303 e. The van der Waals surface area contributed by atoms with E-state index in [1.54, 1.807) is 18.2 Å². The van der Waals surface area contributed by atoms with E-state index >= 15 is 0 Å². The number of hydrogen-bond donors (Lipinski definition) is 4. The summed E-state index contributed by atoms with van der Waals surface area (Å²) in [6.45, 7) is 6.26. The van der Waals surface area contributed by atoms with E-state index in [9.17, 15) is 24.3 Å². The number of nitrogens with one attached hydrogen (secondary N) is 2. The Morgan fingerprint density at radius 1 is 1.00 bits per heavy atom. The Morgan fingerprint density at radius 3 is 2.28 bits per heavy atom. The summed E-state index contributed by atoms with van der Waals surface area (Å²) in [7, 11) is 0. The third-order valence-corrected chi connectivity index (χ3v) is 6.80. The molecule has 0 saturated heterocycles. The maximum absolute atomic E-state index is 14.1. The quantitative estimate of drug-likeness (QED) is 0.225. The fourth-order valence-electron chi connectivity index (χ4n) is 4.82. The van der Waals surface area contributed by atoms with Crippen LogP contribution < -0.4 is 11.1 Å². The van der Waals surface area contributed by atoms with Gasteiger partial charge in [0.2, 0.25) is 11.8 Å². The van der Waals surface area contributed by atoms with Crippen molar-refractivity contribution in [2.75, 3.05) is 6.54 Å². The van der Waals surface area contributed by atoms with Gasteiger partial charge in [0.15, 0.2) is 0 Å². The lowest BCUT2D eigenvalue weighted by molar-refractivity contribution is -0.142. The van der Waals surface area contributed by atoms with E-state index in [0.717, 1.165) is 29.3 Å². The van der Waals surface area contributed by atoms with E-state index in [-0.39, 0.29) is 31.0 Å². The van der Waals surface area contributed by atoms with Crippen LogP contribution in [-0.2, 0) is 14.4 Å². The van der Waals surface area contributed by atoms with Gasteiger partial charge in [0.05, 0.1) is 0 Å². The Hall–Kier alpha value is -4.14. The van der Waals surface area contributed by atoms with Crippen LogP contribution in [0.1, 0.15) is 86.5 Å². The Kier molecular flexibility index (Phi) is 10.3. The largest absolute Gasteiger partial charge is 0.481 e. The number of aromatic amines is 1. The number of aliphatic carboxylic acids is 1. The minimum atomic E-state index is -1.17. The van der Waals surface area contributed by atoms with Crippen LogP contribution in [-0.4, -0.2) is 51.3 Å². The number of aromatic nitrogens is 1. The van der Waals surface area contributed by atoms with E-state index < -0.39 is 35.8 Å². The number of unbranched alkanes of at least 4 members (excludes halogenated alkanes) is 2. The molecule has 208 valence electrons. The number of H-pyrrole nitrogens is 1. The van der Waals surface area contributed by atoms with Crippen molar-refractivity contribution in [3.63, 3.8) is 0 Å². The number of carbonyl (C=O) groups excluding carboxylic acids is 3. The van der Waals surface area contributed by atoms with Crippen LogP contribution in [0.2, 0.25) is 0 Å². The zero-order valence-electron chi connectivity index (χ0n) is 22.8. The van der Waals surface area contributed by atoms with E-state index in [2.05, 4.69) is 10.3 Å². The number of rotatable bonds is 14. The highest BCUT2D eigenvalue weighted by molar-refractivity contribution is 6.00. The monoisotopic (exact) mass is 534 g/mol. The summed E-state index contributed by atoms with van der Waals surface area (Å²) in [4.78, 5) is 56.1. The van der Waals surface area contributed by atoms with Crippen molar-refractivity contribution in [3.05, 3.63) is 71.4 Å². The number of carboxylic acids is 1. The van der Waals surface area contributed by atoms with Gasteiger partial charge in [-0.15, -0.1) is 0 Å². The zero-order valence-corrected chi connectivity index (χ0v) is 22.8. The molecule has 2 aromatic carbocycles. The average molecular weight is 535 g/mol. The SMILES string of the molecule is CCCCCN(C(=O)C(CCC(=O)O)NC(=O)c1cc2ccccc2[nH]1)[C@@H](C(N)=O)c1ccccc1C(C)C. The molecule has 2 atom stereocenters. The summed E-state index contributed by atoms with van der Waals surface area (Å²) >= 11 is 0. The predicted octanol–water partition coefficient (Wildman–Crippen LogP) is 4.50. The molecule has 0 aliphatic heterocycles. The number of primary amides is 1. The first-order valence-corrected chi connectivity index (χ1v) is 13.4. The third kappa shape index (κ3) is 7.46. The Bertz CT molecular complexity index is 1280. The van der Waals surface area contributed by atoms with E-state index in [0.29, 0.717) is 12.0 Å². The Labute approximate surface area is 228 Å². The molecule has 9 heteroatoms. The van der Waals surface area contributed by atoms with Gasteiger partial charge in [-0.05, 0) is 42.0 Å². The fraction of sp³-hybridized carbons (Fsp3) is 0.400. The van der Waals surface area contributed by atoms with Crippen LogP contribution in [0.3, 0.4) is 0 Å². The van der Waals surface area contributed by atoms with Gasteiger partial charge in [0.1, 0.15) is 17.8 Å². The number of hydrogen-bond acceptors (Lipinski definition) is 4. The van der Waals surface area contributed by atoms with E-state index in [4.69, 9.17) is 5.73 Å². The maximum Gasteiger partial charge on any atom is 0.303 e. The molecule has 1 heterocycles. The number of para-hydroxylation sites is 1. The second-order valence-electron chi connectivity index (χ2n) is 10.1. The molecule has 1 unspecified atom stereocenters. The lowest BCUT2D eigenvalue weighted by Gasteiger charge is -2.34. The van der Waals surface area contributed by atoms with Gasteiger partial charge >= 0.3 is 5.97 Å². The van der Waals surface area contributed by atoms with Crippen LogP contribution >= 0.6 is 0 Å². The molecular formula is C30H38N4O5. The topological polar surface area (TPSA) is 146 Å². The number of benzene rings is 2. The first kappa shape index (κ1) is 29.4. The fourth-order valence-corrected chi connectivity index (χ4v) is 4.82. The first-order chi connectivity index (χ1) is 18.6. The van der Waals surface area contributed by atoms with Gasteiger partial charge < -0.3 is 26.0 Å². The molecule has 1 aromatic heterocycles. The lowest BCUT2D eigenvalue weighted by atomic mass is 9.91. The van der Waals surface area contributed by atoms with Gasteiger partial charge in [-0.25, -0.2) is 0 Å². The van der Waals surface area contributed by atoms with Crippen LogP contribution in [0.25, 0.3) is 10.9 Å². The van der Waals surface area contributed by atoms with Crippen LogP contribution in [0.4, 0.5) is 0 Å². The highest BCUT2D eigenvalue weighted by Gasteiger charge is 2.36. The van der Waals surface area contributed by atoms with Crippen molar-refractivity contribution in [2.24, 2.45) is 5.73 Å². The lowest BCUT2D eigenvalue weighted by Crippen LogP contribution is -2.52. The van der Waals surface area contributed by atoms with Gasteiger partial charge in [0, 0.05) is 23.9 Å². The minimum Gasteiger partial charge on any atom is -0.481 e. The predicted molar refractivity (Wildman–Crippen MR) is 150 cm³/mol. The number of fused-ring (bicyclic) bond motifs is 1. The molecule has 0 fully saturated rings. The molecule has 5 N–H and O–H groups in total. The average Bonchev–Trinajstić information content (AvgIpc) is 3.34. The van der Waals surface area contributed by atoms with Crippen molar-refractivity contribution < 1.29 is 24.3 Å². The number of nitrogens with zero attached hydrogens (tertiary/aromatic N) is 1. The molecular weight excluding hydrogens is 496 g/mol. The molecule has 0 saturated carbocycles. The summed E-state index contributed by atoms with van der Waals surface area (Å²) in [5, 5.41) is 12.9. The van der Waals surface area contributed by atoms with E-state index in [1.165, 1.54) is 4.90 Å². The van der Waals surface area contributed by atoms with Crippen LogP contribution in [0, 0.1) is 0 Å². The second-order valence-corrected chi connectivity index (χ2v) is 10.1. The summed E-state index contributed by atoms with van der Waals surface area (Å²) in [6.07, 6.45) is 1.86. The first-order valence-electron chi connectivity index (χ1n) is 13.4. The van der Waals surface area contributed by atoms with Crippen LogP contribution in [0.15, 0.2) is 54.6 Å². The van der Waals surface area contributed by atoms with Gasteiger partial charge in [-0.2, -0.15) is 0 Å². The molecule has 0 bridgehead atoms. The molecule has 3 rings (SSSR count). The highest BCUT2D eigenvalue weighted by Crippen LogP contribution is 2.30. The summed E-state index contributed by atoms with van der Waals surface area (Å²) < 4.78 is 0. The molecule has 0 spiro atoms. The van der Waals surface area contributed by atoms with Crippen molar-refractivity contribution in [3.8, 4) is 0 Å².